The van der Waals surface area contributed by atoms with E-state index in [4.69, 9.17) is 0 Å². The van der Waals surface area contributed by atoms with Crippen molar-refractivity contribution >= 4 is 17.6 Å². The number of hydrogen-bond acceptors (Lipinski definition) is 3. The highest BCUT2D eigenvalue weighted by Gasteiger charge is 2.28. The highest BCUT2D eigenvalue weighted by Crippen LogP contribution is 2.26. The Bertz CT molecular complexity index is 1140. The van der Waals surface area contributed by atoms with Crippen LogP contribution in [0.2, 0.25) is 0 Å². The summed E-state index contributed by atoms with van der Waals surface area (Å²) in [5.74, 6) is -3.50. The zero-order valence-corrected chi connectivity index (χ0v) is 17.0. The second kappa shape index (κ2) is 9.25. The van der Waals surface area contributed by atoms with Gasteiger partial charge in [0.25, 0.3) is 5.91 Å². The van der Waals surface area contributed by atoms with E-state index in [0.29, 0.717) is 31.5 Å². The van der Waals surface area contributed by atoms with Gasteiger partial charge in [-0.05, 0) is 49.9 Å². The number of benzene rings is 2. The molecule has 0 bridgehead atoms. The Morgan fingerprint density at radius 1 is 0.906 bits per heavy atom. The number of hydrogen-bond donors (Lipinski definition) is 2. The first kappa shape index (κ1) is 21.6. The summed E-state index contributed by atoms with van der Waals surface area (Å²) in [6, 6.07) is 11.0. The zero-order valence-electron chi connectivity index (χ0n) is 17.0. The number of carbonyl (C=O) groups is 2. The highest BCUT2D eigenvalue weighted by atomic mass is 19.2. The standard InChI is InChI=1S/C23H21F3N4O2/c24-17-5-1-2-7-19(17)30-13-12-20(29-30)28-22(31)14-8-10-15(11-9-14)27-23(32)16-4-3-6-18(25)21(16)26/h1-7,12-15H,8-11H2,(H,27,32)(H,28,29,31)/t14-,15+. The van der Waals surface area contributed by atoms with Crippen molar-refractivity contribution in [3.63, 3.8) is 0 Å². The van der Waals surface area contributed by atoms with E-state index in [1.54, 1.807) is 30.5 Å². The molecular weight excluding hydrogens is 421 g/mol. The minimum absolute atomic E-state index is 0.204. The lowest BCUT2D eigenvalue weighted by Crippen LogP contribution is -2.40. The third-order valence-electron chi connectivity index (χ3n) is 5.57. The van der Waals surface area contributed by atoms with E-state index >= 15 is 0 Å². The second-order valence-corrected chi connectivity index (χ2v) is 7.71. The number of rotatable bonds is 5. The van der Waals surface area contributed by atoms with Gasteiger partial charge in [0.2, 0.25) is 5.91 Å². The molecule has 0 radical (unpaired) electrons. The number of carbonyl (C=O) groups excluding carboxylic acids is 2. The van der Waals surface area contributed by atoms with E-state index in [1.807, 2.05) is 0 Å². The normalized spacial score (nSPS) is 18.2. The minimum atomic E-state index is -1.17. The predicted octanol–water partition coefficient (Wildman–Crippen LogP) is 4.22. The van der Waals surface area contributed by atoms with Crippen LogP contribution in [0, 0.1) is 23.4 Å². The SMILES string of the molecule is O=C(N[C@H]1CC[C@@H](C(=O)Nc2ccn(-c3ccccc3F)n2)CC1)c1cccc(F)c1F. The second-order valence-electron chi connectivity index (χ2n) is 7.71. The summed E-state index contributed by atoms with van der Waals surface area (Å²) >= 11 is 0. The van der Waals surface area contributed by atoms with Crippen molar-refractivity contribution < 1.29 is 22.8 Å². The minimum Gasteiger partial charge on any atom is -0.349 e. The lowest BCUT2D eigenvalue weighted by atomic mass is 9.85. The van der Waals surface area contributed by atoms with Gasteiger partial charge in [-0.2, -0.15) is 0 Å². The quantitative estimate of drug-likeness (QED) is 0.621. The molecule has 1 aliphatic carbocycles. The summed E-state index contributed by atoms with van der Waals surface area (Å²) in [5, 5.41) is 9.66. The molecule has 2 N–H and O–H groups in total. The van der Waals surface area contributed by atoms with E-state index in [-0.39, 0.29) is 29.1 Å². The Morgan fingerprint density at radius 2 is 1.62 bits per heavy atom. The molecule has 0 saturated heterocycles. The van der Waals surface area contributed by atoms with Crippen LogP contribution in [0.15, 0.2) is 54.7 Å². The van der Waals surface area contributed by atoms with Crippen LogP contribution in [0.4, 0.5) is 19.0 Å². The van der Waals surface area contributed by atoms with Gasteiger partial charge in [0.1, 0.15) is 11.5 Å². The average Bonchev–Trinajstić information content (AvgIpc) is 3.24. The fourth-order valence-electron chi connectivity index (χ4n) is 3.83. The molecular formula is C23H21F3N4O2. The summed E-state index contributed by atoms with van der Waals surface area (Å²) < 4.78 is 42.4. The highest BCUT2D eigenvalue weighted by molar-refractivity contribution is 5.95. The number of aromatic nitrogens is 2. The van der Waals surface area contributed by atoms with Crippen molar-refractivity contribution in [2.45, 2.75) is 31.7 Å². The molecule has 0 atom stereocenters. The molecule has 2 amide bonds. The number of anilines is 1. The van der Waals surface area contributed by atoms with Gasteiger partial charge in [-0.3, -0.25) is 9.59 Å². The van der Waals surface area contributed by atoms with Crippen molar-refractivity contribution in [3.05, 3.63) is 77.7 Å². The van der Waals surface area contributed by atoms with Crippen LogP contribution in [-0.4, -0.2) is 27.6 Å². The number of nitrogens with zero attached hydrogens (tertiary/aromatic N) is 2. The largest absolute Gasteiger partial charge is 0.349 e. The fraction of sp³-hybridized carbons (Fsp3) is 0.261. The van der Waals surface area contributed by atoms with Crippen molar-refractivity contribution in [2.75, 3.05) is 5.32 Å². The fourth-order valence-corrected chi connectivity index (χ4v) is 3.83. The van der Waals surface area contributed by atoms with Crippen molar-refractivity contribution in [2.24, 2.45) is 5.92 Å². The van der Waals surface area contributed by atoms with Gasteiger partial charge in [0, 0.05) is 24.2 Å². The average molecular weight is 442 g/mol. The predicted molar refractivity (Wildman–Crippen MR) is 112 cm³/mol. The molecule has 1 fully saturated rings. The van der Waals surface area contributed by atoms with Crippen LogP contribution >= 0.6 is 0 Å². The van der Waals surface area contributed by atoms with Crippen LogP contribution in [0.1, 0.15) is 36.0 Å². The maximum atomic E-state index is 13.9. The number of para-hydroxylation sites is 1. The molecule has 1 saturated carbocycles. The van der Waals surface area contributed by atoms with Crippen LogP contribution in [0.3, 0.4) is 0 Å². The Morgan fingerprint density at radius 3 is 2.38 bits per heavy atom. The molecule has 32 heavy (non-hydrogen) atoms. The molecule has 1 aliphatic rings. The Labute approximate surface area is 182 Å². The van der Waals surface area contributed by atoms with E-state index in [9.17, 15) is 22.8 Å². The molecule has 4 rings (SSSR count). The molecule has 9 heteroatoms. The zero-order chi connectivity index (χ0) is 22.7. The smallest absolute Gasteiger partial charge is 0.254 e. The van der Waals surface area contributed by atoms with Gasteiger partial charge in [-0.1, -0.05) is 18.2 Å². The van der Waals surface area contributed by atoms with Gasteiger partial charge >= 0.3 is 0 Å². The maximum absolute atomic E-state index is 13.9. The number of nitrogens with one attached hydrogen (secondary N) is 2. The first-order valence-electron chi connectivity index (χ1n) is 10.3. The molecule has 166 valence electrons. The molecule has 0 aliphatic heterocycles. The van der Waals surface area contributed by atoms with Crippen LogP contribution < -0.4 is 10.6 Å². The lowest BCUT2D eigenvalue weighted by molar-refractivity contribution is -0.120. The molecule has 2 aromatic carbocycles. The van der Waals surface area contributed by atoms with E-state index < -0.39 is 23.4 Å². The van der Waals surface area contributed by atoms with Crippen LogP contribution in [-0.2, 0) is 4.79 Å². The molecule has 0 spiro atoms. The van der Waals surface area contributed by atoms with Crippen LogP contribution in [0.25, 0.3) is 5.69 Å². The lowest BCUT2D eigenvalue weighted by Gasteiger charge is -2.28. The van der Waals surface area contributed by atoms with Gasteiger partial charge in [0.05, 0.1) is 5.56 Å². The number of halogens is 3. The summed E-state index contributed by atoms with van der Waals surface area (Å²) in [6.45, 7) is 0. The molecule has 1 heterocycles. The Balaban J connectivity index is 1.30. The van der Waals surface area contributed by atoms with E-state index in [1.165, 1.54) is 22.9 Å². The number of amides is 2. The van der Waals surface area contributed by atoms with Crippen molar-refractivity contribution in [1.29, 1.82) is 0 Å². The molecule has 6 nitrogen and oxygen atoms in total. The summed E-state index contributed by atoms with van der Waals surface area (Å²) in [4.78, 5) is 24.9. The Hall–Kier alpha value is -3.62. The summed E-state index contributed by atoms with van der Waals surface area (Å²) in [7, 11) is 0. The topological polar surface area (TPSA) is 76.0 Å². The molecule has 0 unspecified atom stereocenters. The Kier molecular flexibility index (Phi) is 6.25. The molecule has 1 aromatic heterocycles. The van der Waals surface area contributed by atoms with E-state index in [2.05, 4.69) is 15.7 Å². The third-order valence-corrected chi connectivity index (χ3v) is 5.57. The molecule has 3 aromatic rings. The van der Waals surface area contributed by atoms with Gasteiger partial charge in [-0.25, -0.2) is 17.9 Å². The monoisotopic (exact) mass is 442 g/mol. The summed E-state index contributed by atoms with van der Waals surface area (Å²) in [5.41, 5.74) is -0.0608. The van der Waals surface area contributed by atoms with Gasteiger partial charge in [0.15, 0.2) is 17.5 Å². The van der Waals surface area contributed by atoms with Gasteiger partial charge in [-0.15, -0.1) is 5.10 Å². The first-order valence-corrected chi connectivity index (χ1v) is 10.3. The van der Waals surface area contributed by atoms with Gasteiger partial charge < -0.3 is 10.6 Å². The first-order chi connectivity index (χ1) is 15.4. The van der Waals surface area contributed by atoms with E-state index in [0.717, 1.165) is 6.07 Å². The maximum Gasteiger partial charge on any atom is 0.254 e. The summed E-state index contributed by atoms with van der Waals surface area (Å²) in [6.07, 6.45) is 3.67. The van der Waals surface area contributed by atoms with Crippen LogP contribution in [0.5, 0.6) is 0 Å². The third kappa shape index (κ3) is 4.66. The van der Waals surface area contributed by atoms with Crippen molar-refractivity contribution in [1.82, 2.24) is 15.1 Å². The van der Waals surface area contributed by atoms with Crippen molar-refractivity contribution in [3.8, 4) is 5.69 Å².